The second kappa shape index (κ2) is 16.4. The zero-order valence-corrected chi connectivity index (χ0v) is 31.5. The summed E-state index contributed by atoms with van der Waals surface area (Å²) < 4.78 is 5.57. The molecule has 0 amide bonds. The van der Waals surface area contributed by atoms with Crippen molar-refractivity contribution < 1.29 is 9.53 Å². The minimum absolute atomic E-state index is 0.205. The minimum atomic E-state index is 0.205. The van der Waals surface area contributed by atoms with Gasteiger partial charge in [-0.1, -0.05) is 62.8 Å². The summed E-state index contributed by atoms with van der Waals surface area (Å²) in [4.78, 5) is 14.1. The van der Waals surface area contributed by atoms with Crippen molar-refractivity contribution in [3.63, 3.8) is 0 Å². The predicted molar refractivity (Wildman–Crippen MR) is 206 cm³/mol. The minimum Gasteiger partial charge on any atom is -0.381 e. The Morgan fingerprint density at radius 2 is 1.88 bits per heavy atom. The number of ketones is 1. The summed E-state index contributed by atoms with van der Waals surface area (Å²) in [5.41, 5.74) is 12.4. The van der Waals surface area contributed by atoms with E-state index in [2.05, 4.69) is 94.6 Å². The Labute approximate surface area is 302 Å². The van der Waals surface area contributed by atoms with E-state index in [0.717, 1.165) is 106 Å². The number of nitrogens with zero attached hydrogens (tertiary/aromatic N) is 1. The van der Waals surface area contributed by atoms with Crippen LogP contribution in [0, 0.1) is 40.4 Å². The number of allylic oxidation sites excluding steroid dienone is 12. The molecule has 1 spiro atoms. The van der Waals surface area contributed by atoms with Gasteiger partial charge in [0.2, 0.25) is 0 Å². The maximum atomic E-state index is 14.1. The second-order valence-corrected chi connectivity index (χ2v) is 16.1. The first-order valence-corrected chi connectivity index (χ1v) is 19.8. The molecule has 4 atom stereocenters. The Bertz CT molecular complexity index is 1660. The normalized spacial score (nSPS) is 28.3. The quantitative estimate of drug-likeness (QED) is 0.238. The number of Topliss-reactive ketones (excluding diaryl/α,β-unsaturated/α-hetero) is 1. The van der Waals surface area contributed by atoms with Crippen LogP contribution < -0.4 is 5.32 Å². The van der Waals surface area contributed by atoms with E-state index in [1.165, 1.54) is 53.5 Å². The van der Waals surface area contributed by atoms with Gasteiger partial charge in [-0.15, -0.1) is 0 Å². The van der Waals surface area contributed by atoms with E-state index in [-0.39, 0.29) is 5.92 Å². The summed E-state index contributed by atoms with van der Waals surface area (Å²) in [5, 5.41) is 13.8. The molecule has 0 radical (unpaired) electrons. The Morgan fingerprint density at radius 1 is 1.06 bits per heavy atom. The number of ether oxygens (including phenoxy) is 1. The third kappa shape index (κ3) is 8.11. The highest BCUT2D eigenvalue weighted by Crippen LogP contribution is 2.56. The Kier molecular flexibility index (Phi) is 12.0. The van der Waals surface area contributed by atoms with Crippen LogP contribution in [0.3, 0.4) is 0 Å². The molecular formula is C46H60N2O2. The lowest BCUT2D eigenvalue weighted by Crippen LogP contribution is -2.24. The fourth-order valence-corrected chi connectivity index (χ4v) is 9.50. The molecule has 2 aliphatic heterocycles. The predicted octanol–water partition coefficient (Wildman–Crippen LogP) is 10.6. The molecular weight excluding hydrogens is 613 g/mol. The molecule has 4 fully saturated rings. The van der Waals surface area contributed by atoms with Crippen molar-refractivity contribution >= 4 is 11.4 Å². The molecule has 2 heterocycles. The molecule has 4 heteroatoms. The molecule has 266 valence electrons. The zero-order valence-electron chi connectivity index (χ0n) is 31.5. The van der Waals surface area contributed by atoms with E-state index in [4.69, 9.17) is 4.74 Å². The lowest BCUT2D eigenvalue weighted by atomic mass is 9.78. The average molecular weight is 673 g/mol. The molecule has 4 nitrogen and oxygen atoms in total. The highest BCUT2D eigenvalue weighted by Gasteiger charge is 2.49. The lowest BCUT2D eigenvalue weighted by Gasteiger charge is -2.26. The number of nitriles is 1. The Hall–Kier alpha value is -3.26. The van der Waals surface area contributed by atoms with Gasteiger partial charge in [0.15, 0.2) is 5.78 Å². The number of fused-ring (bicyclic) bond motifs is 1. The van der Waals surface area contributed by atoms with Crippen LogP contribution in [0.4, 0.5) is 0 Å². The zero-order chi connectivity index (χ0) is 35.3. The van der Waals surface area contributed by atoms with Gasteiger partial charge in [-0.05, 0) is 177 Å². The van der Waals surface area contributed by atoms with Gasteiger partial charge in [0.25, 0.3) is 0 Å². The van der Waals surface area contributed by atoms with Crippen molar-refractivity contribution in [1.29, 1.82) is 5.26 Å². The molecule has 50 heavy (non-hydrogen) atoms. The van der Waals surface area contributed by atoms with Crippen molar-refractivity contribution in [3.8, 4) is 6.07 Å². The summed E-state index contributed by atoms with van der Waals surface area (Å²) in [6.45, 7) is 15.1. The number of carbonyl (C=O) groups excluding carboxylic acids is 1. The maximum absolute atomic E-state index is 14.1. The van der Waals surface area contributed by atoms with Gasteiger partial charge in [-0.25, -0.2) is 0 Å². The SMILES string of the molecule is CC/C=C/C=C(\C(C)=C(C)\C=C(/C)C1=C(CC)C=C(C(=O)C2CCCC3(CCNC3)CC2)C2CC12)c1ccc(CC2CCOCC2)c(C#N)c1. The maximum Gasteiger partial charge on any atom is 0.162 e. The number of hydrogen-bond acceptors (Lipinski definition) is 4. The van der Waals surface area contributed by atoms with Crippen LogP contribution in [0.2, 0.25) is 0 Å². The van der Waals surface area contributed by atoms with Crippen LogP contribution >= 0.6 is 0 Å². The first kappa shape index (κ1) is 36.5. The monoisotopic (exact) mass is 672 g/mol. The van der Waals surface area contributed by atoms with E-state index in [0.29, 0.717) is 29.0 Å². The third-order valence-electron chi connectivity index (χ3n) is 12.8. The molecule has 3 aliphatic carbocycles. The van der Waals surface area contributed by atoms with Gasteiger partial charge in [0.05, 0.1) is 11.6 Å². The van der Waals surface area contributed by atoms with Crippen LogP contribution in [-0.2, 0) is 16.0 Å². The molecule has 0 bridgehead atoms. The van der Waals surface area contributed by atoms with Gasteiger partial charge in [-0.2, -0.15) is 5.26 Å². The first-order valence-electron chi connectivity index (χ1n) is 19.8. The van der Waals surface area contributed by atoms with E-state index in [1.807, 2.05) is 0 Å². The third-order valence-corrected chi connectivity index (χ3v) is 12.8. The van der Waals surface area contributed by atoms with E-state index in [1.54, 1.807) is 0 Å². The summed E-state index contributed by atoms with van der Waals surface area (Å²) in [6.07, 6.45) is 24.4. The first-order chi connectivity index (χ1) is 24.3. The van der Waals surface area contributed by atoms with E-state index >= 15 is 0 Å². The number of carbonyl (C=O) groups is 1. The molecule has 1 N–H and O–H groups in total. The largest absolute Gasteiger partial charge is 0.381 e. The molecule has 1 aromatic carbocycles. The standard InChI is InChI=1S/C46H60N2O2/c1-6-8-9-12-40(38-14-13-37(39(26-38)29-47)25-34-16-22-50-23-17-34)33(5)31(3)24-32(4)44-35(7-2)27-43(41-28-42(41)44)45(49)36-11-10-18-46(19-15-36)20-21-48-30-46/h8-9,12-14,24,26-27,34,36,41-42,48H,6-7,10-11,15-23,25,28,30H2,1-5H3/b9-8+,32-24+,33-31+,40-12+. The summed E-state index contributed by atoms with van der Waals surface area (Å²) >= 11 is 0. The van der Waals surface area contributed by atoms with Crippen molar-refractivity contribution in [3.05, 3.63) is 98.7 Å². The topological polar surface area (TPSA) is 62.1 Å². The molecule has 6 rings (SSSR count). The van der Waals surface area contributed by atoms with Crippen molar-refractivity contribution in [2.24, 2.45) is 29.1 Å². The van der Waals surface area contributed by atoms with Crippen molar-refractivity contribution in [1.82, 2.24) is 5.32 Å². The summed E-state index contributed by atoms with van der Waals surface area (Å²) in [6, 6.07) is 9.01. The lowest BCUT2D eigenvalue weighted by molar-refractivity contribution is -0.119. The van der Waals surface area contributed by atoms with E-state index < -0.39 is 0 Å². The van der Waals surface area contributed by atoms with Crippen molar-refractivity contribution in [2.75, 3.05) is 26.3 Å². The summed E-state index contributed by atoms with van der Waals surface area (Å²) in [5.74, 6) is 2.11. The molecule has 2 saturated heterocycles. The summed E-state index contributed by atoms with van der Waals surface area (Å²) in [7, 11) is 0. The highest BCUT2D eigenvalue weighted by atomic mass is 16.5. The Morgan fingerprint density at radius 3 is 2.60 bits per heavy atom. The number of nitrogens with one attached hydrogen (secondary N) is 1. The Balaban J connectivity index is 1.25. The average Bonchev–Trinajstić information content (AvgIpc) is 3.84. The number of rotatable bonds is 11. The van der Waals surface area contributed by atoms with Crippen LogP contribution in [0.5, 0.6) is 0 Å². The van der Waals surface area contributed by atoms with Gasteiger partial charge < -0.3 is 10.1 Å². The molecule has 4 unspecified atom stereocenters. The molecule has 0 aromatic heterocycles. The smallest absolute Gasteiger partial charge is 0.162 e. The van der Waals surface area contributed by atoms with Crippen LogP contribution in [-0.4, -0.2) is 32.1 Å². The molecule has 1 aromatic rings. The number of benzene rings is 1. The fraction of sp³-hybridized carbons (Fsp3) is 0.565. The highest BCUT2D eigenvalue weighted by molar-refractivity contribution is 5.99. The van der Waals surface area contributed by atoms with Crippen LogP contribution in [0.15, 0.2) is 82.0 Å². The number of hydrogen-bond donors (Lipinski definition) is 1. The molecule has 5 aliphatic rings. The van der Waals surface area contributed by atoms with Crippen LogP contribution in [0.1, 0.15) is 122 Å². The van der Waals surface area contributed by atoms with Gasteiger partial charge in [-0.3, -0.25) is 4.79 Å². The molecule has 2 saturated carbocycles. The van der Waals surface area contributed by atoms with E-state index in [9.17, 15) is 10.1 Å². The van der Waals surface area contributed by atoms with Gasteiger partial charge in [0.1, 0.15) is 0 Å². The van der Waals surface area contributed by atoms with Crippen LogP contribution in [0.25, 0.3) is 5.57 Å². The van der Waals surface area contributed by atoms with Crippen molar-refractivity contribution in [2.45, 2.75) is 112 Å². The fourth-order valence-electron chi connectivity index (χ4n) is 9.50. The van der Waals surface area contributed by atoms with Gasteiger partial charge >= 0.3 is 0 Å². The van der Waals surface area contributed by atoms with Gasteiger partial charge in [0, 0.05) is 25.7 Å². The second-order valence-electron chi connectivity index (χ2n) is 16.1.